The molecule has 0 bridgehead atoms. The highest BCUT2D eigenvalue weighted by atomic mass is 16.5. The largest absolute Gasteiger partial charge is 0.481 e. The number of carbonyl (C=O) groups is 1. The van der Waals surface area contributed by atoms with Gasteiger partial charge in [-0.3, -0.25) is 4.79 Å². The fourth-order valence-corrected chi connectivity index (χ4v) is 3.72. The number of aromatic nitrogens is 2. The Morgan fingerprint density at radius 1 is 1.37 bits per heavy atom. The zero-order chi connectivity index (χ0) is 19.4. The van der Waals surface area contributed by atoms with Crippen molar-refractivity contribution in [1.29, 1.82) is 0 Å². The number of hydrogen-bond donors (Lipinski definition) is 2. The van der Waals surface area contributed by atoms with Gasteiger partial charge in [-0.05, 0) is 46.7 Å². The third-order valence-corrected chi connectivity index (χ3v) is 5.72. The topological polar surface area (TPSA) is 90.8 Å². The van der Waals surface area contributed by atoms with E-state index in [1.54, 1.807) is 20.0 Å². The molecule has 8 nitrogen and oxygen atoms in total. The molecule has 0 saturated carbocycles. The number of anilines is 2. The van der Waals surface area contributed by atoms with Gasteiger partial charge in [-0.1, -0.05) is 0 Å². The van der Waals surface area contributed by atoms with Crippen molar-refractivity contribution in [3.63, 3.8) is 0 Å². The zero-order valence-electron chi connectivity index (χ0n) is 16.6. The minimum Gasteiger partial charge on any atom is -0.481 e. The highest BCUT2D eigenvalue weighted by molar-refractivity contribution is 5.82. The number of carboxylic acids is 1. The lowest BCUT2D eigenvalue weighted by molar-refractivity contribution is -0.142. The predicted octanol–water partition coefficient (Wildman–Crippen LogP) is 1.57. The van der Waals surface area contributed by atoms with Gasteiger partial charge in [0.25, 0.3) is 0 Å². The molecule has 2 N–H and O–H groups in total. The Labute approximate surface area is 160 Å². The van der Waals surface area contributed by atoms with Gasteiger partial charge >= 0.3 is 5.97 Å². The number of ether oxygens (including phenoxy) is 1. The number of likely N-dealkylation sites (tertiary alicyclic amines) is 1. The lowest BCUT2D eigenvalue weighted by Crippen LogP contribution is -2.40. The van der Waals surface area contributed by atoms with E-state index in [1.165, 1.54) is 19.4 Å². The number of nitrogens with zero attached hydrogens (tertiary/aromatic N) is 4. The van der Waals surface area contributed by atoms with Crippen LogP contribution in [0.5, 0.6) is 0 Å². The second-order valence-electron chi connectivity index (χ2n) is 7.95. The maximum Gasteiger partial charge on any atom is 0.313 e. The third-order valence-electron chi connectivity index (χ3n) is 5.72. The Hall–Kier alpha value is -1.93. The molecule has 0 aliphatic carbocycles. The van der Waals surface area contributed by atoms with Gasteiger partial charge in [0.2, 0.25) is 5.95 Å². The van der Waals surface area contributed by atoms with E-state index in [-0.39, 0.29) is 0 Å². The second kappa shape index (κ2) is 8.39. The van der Waals surface area contributed by atoms with Crippen LogP contribution in [0.3, 0.4) is 0 Å². The van der Waals surface area contributed by atoms with E-state index >= 15 is 0 Å². The van der Waals surface area contributed by atoms with Gasteiger partial charge in [0, 0.05) is 37.4 Å². The molecule has 8 heteroatoms. The Kier molecular flexibility index (Phi) is 6.16. The second-order valence-corrected chi connectivity index (χ2v) is 7.95. The van der Waals surface area contributed by atoms with E-state index in [0.717, 1.165) is 13.0 Å². The van der Waals surface area contributed by atoms with Gasteiger partial charge in [-0.25, -0.2) is 4.98 Å². The number of morpholine rings is 1. The monoisotopic (exact) mass is 377 g/mol. The van der Waals surface area contributed by atoms with Gasteiger partial charge < -0.3 is 25.0 Å². The smallest absolute Gasteiger partial charge is 0.313 e. The summed E-state index contributed by atoms with van der Waals surface area (Å²) in [4.78, 5) is 25.4. The van der Waals surface area contributed by atoms with Gasteiger partial charge in [-0.2, -0.15) is 4.98 Å². The van der Waals surface area contributed by atoms with E-state index in [0.29, 0.717) is 49.7 Å². The van der Waals surface area contributed by atoms with Gasteiger partial charge in [0.1, 0.15) is 5.82 Å². The summed E-state index contributed by atoms with van der Waals surface area (Å²) in [5.74, 6) is 0.369. The summed E-state index contributed by atoms with van der Waals surface area (Å²) in [7, 11) is 2.17. The van der Waals surface area contributed by atoms with Gasteiger partial charge in [0.05, 0.1) is 18.6 Å². The molecule has 1 aromatic rings. The molecule has 3 heterocycles. The van der Waals surface area contributed by atoms with Crippen molar-refractivity contribution in [2.45, 2.75) is 44.6 Å². The van der Waals surface area contributed by atoms with Crippen LogP contribution < -0.4 is 10.2 Å². The highest BCUT2D eigenvalue weighted by Crippen LogP contribution is 2.32. The van der Waals surface area contributed by atoms with Crippen LogP contribution in [0.15, 0.2) is 6.20 Å². The Balaban J connectivity index is 1.76. The molecular formula is C19H31N5O3. The minimum atomic E-state index is -1.06. The predicted molar refractivity (Wildman–Crippen MR) is 104 cm³/mol. The number of rotatable bonds is 7. The molecule has 2 aliphatic rings. The summed E-state index contributed by atoms with van der Waals surface area (Å²) in [6.45, 7) is 8.00. The first-order valence-electron chi connectivity index (χ1n) is 9.77. The summed E-state index contributed by atoms with van der Waals surface area (Å²) in [5, 5.41) is 13.0. The van der Waals surface area contributed by atoms with Crippen LogP contribution in [0.2, 0.25) is 0 Å². The van der Waals surface area contributed by atoms with Gasteiger partial charge in [0.15, 0.2) is 0 Å². The summed E-state index contributed by atoms with van der Waals surface area (Å²) in [6, 6.07) is 0.612. The van der Waals surface area contributed by atoms with E-state index in [2.05, 4.69) is 27.1 Å². The molecule has 0 unspecified atom stereocenters. The van der Waals surface area contributed by atoms with Crippen molar-refractivity contribution in [3.05, 3.63) is 11.8 Å². The van der Waals surface area contributed by atoms with Crippen LogP contribution in [0.1, 0.15) is 38.7 Å². The van der Waals surface area contributed by atoms with Crippen LogP contribution in [-0.2, 0) is 14.9 Å². The maximum atomic E-state index is 11.8. The van der Waals surface area contributed by atoms with Crippen molar-refractivity contribution in [2.24, 2.45) is 0 Å². The molecule has 2 aliphatic heterocycles. The maximum absolute atomic E-state index is 11.8. The minimum absolute atomic E-state index is 0.557. The molecule has 0 amide bonds. The SMILES string of the molecule is CN1CCC[C@@H]1CCNc1ncc(C(C)(C)C(=O)O)c(N2CCOCC2)n1. The quantitative estimate of drug-likeness (QED) is 0.740. The molecule has 27 heavy (non-hydrogen) atoms. The summed E-state index contributed by atoms with van der Waals surface area (Å²) in [6.07, 6.45) is 5.21. The van der Waals surface area contributed by atoms with E-state index in [4.69, 9.17) is 9.72 Å². The zero-order valence-corrected chi connectivity index (χ0v) is 16.6. The Morgan fingerprint density at radius 2 is 2.11 bits per heavy atom. The van der Waals surface area contributed by atoms with Crippen LogP contribution in [0.4, 0.5) is 11.8 Å². The third kappa shape index (κ3) is 4.50. The number of aliphatic carboxylic acids is 1. The van der Waals surface area contributed by atoms with Crippen molar-refractivity contribution in [1.82, 2.24) is 14.9 Å². The van der Waals surface area contributed by atoms with Crippen molar-refractivity contribution in [3.8, 4) is 0 Å². The Morgan fingerprint density at radius 3 is 2.74 bits per heavy atom. The first kappa shape index (κ1) is 19.8. The fraction of sp³-hybridized carbons (Fsp3) is 0.737. The van der Waals surface area contributed by atoms with E-state index in [1.807, 2.05) is 0 Å². The van der Waals surface area contributed by atoms with Crippen molar-refractivity contribution < 1.29 is 14.6 Å². The fourth-order valence-electron chi connectivity index (χ4n) is 3.72. The van der Waals surface area contributed by atoms with Crippen LogP contribution in [-0.4, -0.2) is 78.4 Å². The van der Waals surface area contributed by atoms with Crippen molar-refractivity contribution in [2.75, 3.05) is 56.7 Å². The van der Waals surface area contributed by atoms with Crippen LogP contribution >= 0.6 is 0 Å². The molecular weight excluding hydrogens is 346 g/mol. The van der Waals surface area contributed by atoms with Crippen molar-refractivity contribution >= 4 is 17.7 Å². The average Bonchev–Trinajstić information content (AvgIpc) is 3.07. The summed E-state index contributed by atoms with van der Waals surface area (Å²) in [5.41, 5.74) is -0.420. The molecule has 1 atom stereocenters. The highest BCUT2D eigenvalue weighted by Gasteiger charge is 2.35. The average molecular weight is 377 g/mol. The molecule has 2 fully saturated rings. The summed E-state index contributed by atoms with van der Waals surface area (Å²) >= 11 is 0. The van der Waals surface area contributed by atoms with E-state index in [9.17, 15) is 9.90 Å². The first-order valence-corrected chi connectivity index (χ1v) is 9.77. The molecule has 3 rings (SSSR count). The van der Waals surface area contributed by atoms with E-state index < -0.39 is 11.4 Å². The lowest BCUT2D eigenvalue weighted by Gasteiger charge is -2.32. The number of hydrogen-bond acceptors (Lipinski definition) is 7. The molecule has 1 aromatic heterocycles. The molecule has 150 valence electrons. The number of carboxylic acid groups (broad SMARTS) is 1. The molecule has 0 radical (unpaired) electrons. The standard InChI is InChI=1S/C19H31N5O3/c1-19(2,17(25)26)15-13-21-18(20-7-6-14-5-4-8-23(14)3)22-16(15)24-9-11-27-12-10-24/h13-14H,4-12H2,1-3H3,(H,25,26)(H,20,21,22)/t14-/m1/s1. The molecule has 2 saturated heterocycles. The lowest BCUT2D eigenvalue weighted by atomic mass is 9.85. The summed E-state index contributed by atoms with van der Waals surface area (Å²) < 4.78 is 5.43. The molecule has 0 spiro atoms. The van der Waals surface area contributed by atoms with Gasteiger partial charge in [-0.15, -0.1) is 0 Å². The molecule has 0 aromatic carbocycles. The van der Waals surface area contributed by atoms with Crippen LogP contribution in [0, 0.1) is 0 Å². The Bertz CT molecular complexity index is 661. The number of nitrogens with one attached hydrogen (secondary N) is 1. The normalized spacial score (nSPS) is 21.4. The van der Waals surface area contributed by atoms with Crippen LogP contribution in [0.25, 0.3) is 0 Å². The first-order chi connectivity index (χ1) is 12.9.